The molecule has 7 heteroatoms. The summed E-state index contributed by atoms with van der Waals surface area (Å²) in [4.78, 5) is 25.1. The molecule has 1 amide bonds. The summed E-state index contributed by atoms with van der Waals surface area (Å²) in [6.07, 6.45) is -0.0555. The van der Waals surface area contributed by atoms with Crippen LogP contribution in [0.15, 0.2) is 53.4 Å². The van der Waals surface area contributed by atoms with Gasteiger partial charge in [0, 0.05) is 9.92 Å². The summed E-state index contributed by atoms with van der Waals surface area (Å²) in [6.45, 7) is 0. The summed E-state index contributed by atoms with van der Waals surface area (Å²) in [5.74, 6) is -0.811. The number of hydrogen-bond acceptors (Lipinski definition) is 4. The summed E-state index contributed by atoms with van der Waals surface area (Å²) >= 11 is 13.3. The second-order valence-corrected chi connectivity index (χ2v) is 6.93. The van der Waals surface area contributed by atoms with Crippen LogP contribution in [0, 0.1) is 0 Å². The fourth-order valence-corrected chi connectivity index (χ4v) is 3.26. The van der Waals surface area contributed by atoms with E-state index in [0.29, 0.717) is 15.7 Å². The smallest absolute Gasteiger partial charge is 0.307 e. The molecule has 0 radical (unpaired) electrons. The first kappa shape index (κ1) is 18.6. The second kappa shape index (κ2) is 8.97. The Morgan fingerprint density at radius 1 is 1.17 bits per heavy atom. The minimum absolute atomic E-state index is 0.0555. The minimum atomic E-state index is -0.658. The van der Waals surface area contributed by atoms with Crippen LogP contribution in [-0.4, -0.2) is 24.2 Å². The van der Waals surface area contributed by atoms with Crippen LogP contribution in [-0.2, 0) is 14.3 Å². The lowest BCUT2D eigenvalue weighted by atomic mass is 10.2. The highest BCUT2D eigenvalue weighted by Gasteiger charge is 2.24. The predicted molar refractivity (Wildman–Crippen MR) is 97.8 cm³/mol. The fraction of sp³-hybridized carbons (Fsp3) is 0.176. The standard InChI is InChI=1S/C17H15Cl2NO3S/c1-23-16(21)10-15(24-12-5-3-2-4-6-12)17(22)20-14-9-11(18)7-8-13(14)19/h2-9,15H,10H2,1H3,(H,20,22). The maximum absolute atomic E-state index is 12.6. The zero-order valence-electron chi connectivity index (χ0n) is 12.8. The number of esters is 1. The molecule has 0 bridgehead atoms. The van der Waals surface area contributed by atoms with Crippen LogP contribution in [0.5, 0.6) is 0 Å². The maximum atomic E-state index is 12.6. The van der Waals surface area contributed by atoms with Gasteiger partial charge in [0.25, 0.3) is 0 Å². The highest BCUT2D eigenvalue weighted by Crippen LogP contribution is 2.29. The monoisotopic (exact) mass is 383 g/mol. The Morgan fingerprint density at radius 3 is 2.54 bits per heavy atom. The summed E-state index contributed by atoms with van der Waals surface area (Å²) in [6, 6.07) is 14.1. The van der Waals surface area contributed by atoms with Crippen molar-refractivity contribution >= 4 is 52.5 Å². The molecule has 2 rings (SSSR count). The Morgan fingerprint density at radius 2 is 1.88 bits per heavy atom. The van der Waals surface area contributed by atoms with Crippen LogP contribution >= 0.6 is 35.0 Å². The van der Waals surface area contributed by atoms with Gasteiger partial charge in [-0.1, -0.05) is 41.4 Å². The van der Waals surface area contributed by atoms with Crippen LogP contribution in [0.4, 0.5) is 5.69 Å². The van der Waals surface area contributed by atoms with Gasteiger partial charge >= 0.3 is 5.97 Å². The topological polar surface area (TPSA) is 55.4 Å². The molecule has 0 aromatic heterocycles. The molecule has 1 unspecified atom stereocenters. The van der Waals surface area contributed by atoms with E-state index >= 15 is 0 Å². The number of thioether (sulfide) groups is 1. The zero-order valence-corrected chi connectivity index (χ0v) is 15.1. The number of rotatable bonds is 6. The number of benzene rings is 2. The number of halogens is 2. The van der Waals surface area contributed by atoms with Crippen molar-refractivity contribution in [1.29, 1.82) is 0 Å². The molecule has 1 atom stereocenters. The van der Waals surface area contributed by atoms with Gasteiger partial charge < -0.3 is 10.1 Å². The van der Waals surface area contributed by atoms with Crippen molar-refractivity contribution in [3.63, 3.8) is 0 Å². The van der Waals surface area contributed by atoms with Crippen molar-refractivity contribution in [2.45, 2.75) is 16.6 Å². The van der Waals surface area contributed by atoms with Crippen LogP contribution in [0.1, 0.15) is 6.42 Å². The Labute approximate surface area is 154 Å². The number of ether oxygens (including phenoxy) is 1. The molecular formula is C17H15Cl2NO3S. The van der Waals surface area contributed by atoms with Gasteiger partial charge in [0.1, 0.15) is 0 Å². The van der Waals surface area contributed by atoms with E-state index in [1.54, 1.807) is 18.2 Å². The van der Waals surface area contributed by atoms with E-state index in [1.165, 1.54) is 18.9 Å². The molecule has 0 saturated heterocycles. The lowest BCUT2D eigenvalue weighted by molar-refractivity contribution is -0.141. The second-order valence-electron chi connectivity index (χ2n) is 4.81. The number of carbonyl (C=O) groups is 2. The fourth-order valence-electron chi connectivity index (χ4n) is 1.89. The molecule has 0 fully saturated rings. The van der Waals surface area contributed by atoms with Crippen molar-refractivity contribution in [2.75, 3.05) is 12.4 Å². The van der Waals surface area contributed by atoms with Gasteiger partial charge in [0.2, 0.25) is 5.91 Å². The molecule has 1 N–H and O–H groups in total. The number of nitrogens with one attached hydrogen (secondary N) is 1. The summed E-state index contributed by atoms with van der Waals surface area (Å²) in [7, 11) is 1.29. The first-order valence-electron chi connectivity index (χ1n) is 7.04. The number of methoxy groups -OCH3 is 1. The summed E-state index contributed by atoms with van der Waals surface area (Å²) < 4.78 is 4.68. The first-order valence-corrected chi connectivity index (χ1v) is 8.67. The van der Waals surface area contributed by atoms with E-state index in [-0.39, 0.29) is 12.3 Å². The molecule has 4 nitrogen and oxygen atoms in total. The lowest BCUT2D eigenvalue weighted by Gasteiger charge is -2.16. The van der Waals surface area contributed by atoms with Crippen LogP contribution in [0.25, 0.3) is 0 Å². The zero-order chi connectivity index (χ0) is 17.5. The normalized spacial score (nSPS) is 11.6. The van der Waals surface area contributed by atoms with Gasteiger partial charge in [-0.15, -0.1) is 11.8 Å². The Balaban J connectivity index is 2.17. The molecule has 0 aliphatic carbocycles. The van der Waals surface area contributed by atoms with E-state index in [1.807, 2.05) is 30.3 Å². The van der Waals surface area contributed by atoms with Gasteiger partial charge in [0.05, 0.1) is 29.5 Å². The number of carbonyl (C=O) groups excluding carboxylic acids is 2. The third kappa shape index (κ3) is 5.44. The largest absolute Gasteiger partial charge is 0.469 e. The quantitative estimate of drug-likeness (QED) is 0.582. The minimum Gasteiger partial charge on any atom is -0.469 e. The van der Waals surface area contributed by atoms with Gasteiger partial charge in [-0.05, 0) is 30.3 Å². The molecular weight excluding hydrogens is 369 g/mol. The molecule has 126 valence electrons. The SMILES string of the molecule is COC(=O)CC(Sc1ccccc1)C(=O)Nc1cc(Cl)ccc1Cl. The highest BCUT2D eigenvalue weighted by atomic mass is 35.5. The lowest BCUT2D eigenvalue weighted by Crippen LogP contribution is -2.28. The molecule has 24 heavy (non-hydrogen) atoms. The van der Waals surface area contributed by atoms with Crippen LogP contribution in [0.2, 0.25) is 10.0 Å². The van der Waals surface area contributed by atoms with Crippen LogP contribution in [0.3, 0.4) is 0 Å². The first-order chi connectivity index (χ1) is 11.5. The third-order valence-electron chi connectivity index (χ3n) is 3.08. The molecule has 0 spiro atoms. The van der Waals surface area contributed by atoms with Crippen molar-refractivity contribution in [3.8, 4) is 0 Å². The van der Waals surface area contributed by atoms with E-state index in [2.05, 4.69) is 10.1 Å². The van der Waals surface area contributed by atoms with E-state index < -0.39 is 11.2 Å². The summed E-state index contributed by atoms with van der Waals surface area (Å²) in [5.41, 5.74) is 0.401. The molecule has 0 saturated carbocycles. The maximum Gasteiger partial charge on any atom is 0.307 e. The number of anilines is 1. The van der Waals surface area contributed by atoms with Gasteiger partial charge in [0.15, 0.2) is 0 Å². The van der Waals surface area contributed by atoms with Gasteiger partial charge in [-0.3, -0.25) is 9.59 Å². The van der Waals surface area contributed by atoms with E-state index in [4.69, 9.17) is 23.2 Å². The molecule has 2 aromatic rings. The van der Waals surface area contributed by atoms with Crippen molar-refractivity contribution in [3.05, 3.63) is 58.6 Å². The molecule has 0 aliphatic rings. The van der Waals surface area contributed by atoms with Crippen molar-refractivity contribution in [2.24, 2.45) is 0 Å². The van der Waals surface area contributed by atoms with Gasteiger partial charge in [-0.25, -0.2) is 0 Å². The van der Waals surface area contributed by atoms with Gasteiger partial charge in [-0.2, -0.15) is 0 Å². The van der Waals surface area contributed by atoms with Crippen LogP contribution < -0.4 is 5.32 Å². The highest BCUT2D eigenvalue weighted by molar-refractivity contribution is 8.00. The molecule has 2 aromatic carbocycles. The Bertz CT molecular complexity index is 725. The number of hydrogen-bond donors (Lipinski definition) is 1. The Hall–Kier alpha value is -1.69. The van der Waals surface area contributed by atoms with E-state index in [9.17, 15) is 9.59 Å². The average molecular weight is 384 g/mol. The predicted octanol–water partition coefficient (Wildman–Crippen LogP) is 4.66. The molecule has 0 aliphatic heterocycles. The van der Waals surface area contributed by atoms with E-state index in [0.717, 1.165) is 4.90 Å². The van der Waals surface area contributed by atoms with Crippen molar-refractivity contribution in [1.82, 2.24) is 0 Å². The van der Waals surface area contributed by atoms with Crippen molar-refractivity contribution < 1.29 is 14.3 Å². The summed E-state index contributed by atoms with van der Waals surface area (Å²) in [5, 5.41) is 2.88. The average Bonchev–Trinajstić information content (AvgIpc) is 2.58. The Kier molecular flexibility index (Phi) is 6.97. The molecule has 0 heterocycles. The number of amides is 1. The third-order valence-corrected chi connectivity index (χ3v) is 4.85.